The van der Waals surface area contributed by atoms with E-state index in [4.69, 9.17) is 4.18 Å². The van der Waals surface area contributed by atoms with Crippen molar-refractivity contribution < 1.29 is 22.8 Å². The fourth-order valence-electron chi connectivity index (χ4n) is 2.08. The van der Waals surface area contributed by atoms with E-state index in [1.54, 1.807) is 30.5 Å². The van der Waals surface area contributed by atoms with Gasteiger partial charge in [0, 0.05) is 6.21 Å². The standard InChI is InChI=1S/C19H15NO5S/c21-16-5-3-15(4-6-16)20-13-14-1-9-18(10-2-14)25-26(23,24)19-11-7-17(22)8-12-19/h1-13,21-22H/b20-13+. The highest BCUT2D eigenvalue weighted by atomic mass is 32.2. The van der Waals surface area contributed by atoms with Crippen LogP contribution in [0.1, 0.15) is 5.56 Å². The van der Waals surface area contributed by atoms with Crippen LogP contribution in [0.3, 0.4) is 0 Å². The van der Waals surface area contributed by atoms with Crippen molar-refractivity contribution in [1.29, 1.82) is 0 Å². The number of benzene rings is 3. The van der Waals surface area contributed by atoms with Crippen molar-refractivity contribution in [2.75, 3.05) is 0 Å². The topological polar surface area (TPSA) is 96.2 Å². The van der Waals surface area contributed by atoms with E-state index in [0.29, 0.717) is 5.69 Å². The molecule has 0 aliphatic heterocycles. The van der Waals surface area contributed by atoms with Gasteiger partial charge in [-0.3, -0.25) is 4.99 Å². The van der Waals surface area contributed by atoms with E-state index >= 15 is 0 Å². The van der Waals surface area contributed by atoms with Gasteiger partial charge < -0.3 is 14.4 Å². The maximum atomic E-state index is 12.2. The molecule has 6 nitrogen and oxygen atoms in total. The minimum atomic E-state index is -3.97. The molecule has 0 saturated carbocycles. The minimum Gasteiger partial charge on any atom is -0.508 e. The lowest BCUT2D eigenvalue weighted by atomic mass is 10.2. The van der Waals surface area contributed by atoms with Gasteiger partial charge in [-0.2, -0.15) is 8.42 Å². The summed E-state index contributed by atoms with van der Waals surface area (Å²) in [6.07, 6.45) is 1.62. The Hall–Kier alpha value is -3.32. The van der Waals surface area contributed by atoms with Crippen LogP contribution in [-0.2, 0) is 10.1 Å². The third-order valence-electron chi connectivity index (χ3n) is 3.42. The molecule has 7 heteroatoms. The Morgan fingerprint density at radius 2 is 1.31 bits per heavy atom. The number of aromatic hydroxyl groups is 2. The molecule has 0 unspecified atom stereocenters. The van der Waals surface area contributed by atoms with Crippen molar-refractivity contribution >= 4 is 22.0 Å². The maximum Gasteiger partial charge on any atom is 0.339 e. The van der Waals surface area contributed by atoms with E-state index in [-0.39, 0.29) is 22.1 Å². The highest BCUT2D eigenvalue weighted by Gasteiger charge is 2.16. The SMILES string of the molecule is O=S(=O)(Oc1ccc(/C=N/c2ccc(O)cc2)cc1)c1ccc(O)cc1. The van der Waals surface area contributed by atoms with Crippen molar-refractivity contribution in [2.24, 2.45) is 4.99 Å². The molecule has 0 atom stereocenters. The highest BCUT2D eigenvalue weighted by Crippen LogP contribution is 2.21. The number of hydrogen-bond donors (Lipinski definition) is 2. The van der Waals surface area contributed by atoms with Crippen LogP contribution in [0.4, 0.5) is 5.69 Å². The van der Waals surface area contributed by atoms with Gasteiger partial charge in [-0.15, -0.1) is 0 Å². The van der Waals surface area contributed by atoms with Crippen LogP contribution < -0.4 is 4.18 Å². The van der Waals surface area contributed by atoms with Crippen LogP contribution in [0.5, 0.6) is 17.2 Å². The summed E-state index contributed by atoms with van der Waals surface area (Å²) in [6.45, 7) is 0. The second-order valence-electron chi connectivity index (χ2n) is 5.37. The summed E-state index contributed by atoms with van der Waals surface area (Å²) in [7, 11) is -3.97. The van der Waals surface area contributed by atoms with Gasteiger partial charge in [0.25, 0.3) is 0 Å². The molecule has 3 aromatic rings. The molecule has 0 bridgehead atoms. The molecule has 0 saturated heterocycles. The first-order valence-electron chi connectivity index (χ1n) is 7.59. The maximum absolute atomic E-state index is 12.2. The van der Waals surface area contributed by atoms with Gasteiger partial charge in [-0.05, 0) is 78.4 Å². The lowest BCUT2D eigenvalue weighted by Crippen LogP contribution is -2.09. The van der Waals surface area contributed by atoms with Crippen molar-refractivity contribution in [3.8, 4) is 17.2 Å². The Labute approximate surface area is 150 Å². The molecule has 0 aromatic heterocycles. The molecule has 132 valence electrons. The first-order chi connectivity index (χ1) is 12.4. The third kappa shape index (κ3) is 4.40. The molecular weight excluding hydrogens is 354 g/mol. The van der Waals surface area contributed by atoms with Crippen LogP contribution in [0.2, 0.25) is 0 Å². The van der Waals surface area contributed by atoms with Gasteiger partial charge in [0.15, 0.2) is 0 Å². The molecule has 0 amide bonds. The Balaban J connectivity index is 1.71. The molecule has 0 aliphatic rings. The summed E-state index contributed by atoms with van der Waals surface area (Å²) in [6, 6.07) is 17.9. The molecule has 0 heterocycles. The van der Waals surface area contributed by atoms with Crippen LogP contribution in [0.15, 0.2) is 82.7 Å². The van der Waals surface area contributed by atoms with Crippen molar-refractivity contribution in [1.82, 2.24) is 0 Å². The number of phenolic OH excluding ortho intramolecular Hbond substituents is 2. The van der Waals surface area contributed by atoms with E-state index in [9.17, 15) is 18.6 Å². The van der Waals surface area contributed by atoms with Gasteiger partial charge in [0.1, 0.15) is 22.1 Å². The summed E-state index contributed by atoms with van der Waals surface area (Å²) in [5.41, 5.74) is 1.44. The zero-order chi connectivity index (χ0) is 18.6. The molecule has 3 rings (SSSR count). The molecular formula is C19H15NO5S. The highest BCUT2D eigenvalue weighted by molar-refractivity contribution is 7.87. The quantitative estimate of drug-likeness (QED) is 0.529. The monoisotopic (exact) mass is 369 g/mol. The Bertz CT molecular complexity index is 1010. The Kier molecular flexibility index (Phi) is 4.90. The second kappa shape index (κ2) is 7.28. The first kappa shape index (κ1) is 17.5. The fraction of sp³-hybridized carbons (Fsp3) is 0. The molecule has 3 aromatic carbocycles. The van der Waals surface area contributed by atoms with Gasteiger partial charge in [-0.1, -0.05) is 0 Å². The van der Waals surface area contributed by atoms with E-state index in [2.05, 4.69) is 4.99 Å². The molecule has 0 aliphatic carbocycles. The lowest BCUT2D eigenvalue weighted by molar-refractivity contribution is 0.473. The molecule has 0 spiro atoms. The van der Waals surface area contributed by atoms with Gasteiger partial charge >= 0.3 is 10.1 Å². The van der Waals surface area contributed by atoms with Crippen LogP contribution in [-0.4, -0.2) is 24.8 Å². The average Bonchev–Trinajstić information content (AvgIpc) is 2.62. The summed E-state index contributed by atoms with van der Waals surface area (Å²) in [5, 5.41) is 18.5. The zero-order valence-corrected chi connectivity index (χ0v) is 14.3. The number of rotatable bonds is 5. The molecule has 0 radical (unpaired) electrons. The summed E-state index contributed by atoms with van der Waals surface area (Å²) < 4.78 is 29.4. The number of aliphatic imine (C=N–C) groups is 1. The average molecular weight is 369 g/mol. The largest absolute Gasteiger partial charge is 0.508 e. The zero-order valence-electron chi connectivity index (χ0n) is 13.5. The summed E-state index contributed by atoms with van der Waals surface area (Å²) >= 11 is 0. The fourth-order valence-corrected chi connectivity index (χ4v) is 3.01. The van der Waals surface area contributed by atoms with Gasteiger partial charge in [0.05, 0.1) is 5.69 Å². The van der Waals surface area contributed by atoms with E-state index in [1.165, 1.54) is 48.5 Å². The Morgan fingerprint density at radius 1 is 0.769 bits per heavy atom. The number of hydrogen-bond acceptors (Lipinski definition) is 6. The Morgan fingerprint density at radius 3 is 1.88 bits per heavy atom. The van der Waals surface area contributed by atoms with Crippen molar-refractivity contribution in [2.45, 2.75) is 4.90 Å². The summed E-state index contributed by atoms with van der Waals surface area (Å²) in [4.78, 5) is 4.21. The summed E-state index contributed by atoms with van der Waals surface area (Å²) in [5.74, 6) is 0.307. The van der Waals surface area contributed by atoms with E-state index in [1.807, 2.05) is 0 Å². The van der Waals surface area contributed by atoms with Crippen molar-refractivity contribution in [3.63, 3.8) is 0 Å². The second-order valence-corrected chi connectivity index (χ2v) is 6.92. The molecule has 0 fully saturated rings. The first-order valence-corrected chi connectivity index (χ1v) is 9.00. The van der Waals surface area contributed by atoms with Crippen LogP contribution in [0.25, 0.3) is 0 Å². The predicted octanol–water partition coefficient (Wildman–Crippen LogP) is 3.62. The van der Waals surface area contributed by atoms with E-state index < -0.39 is 10.1 Å². The van der Waals surface area contributed by atoms with Gasteiger partial charge in [-0.25, -0.2) is 0 Å². The van der Waals surface area contributed by atoms with Crippen molar-refractivity contribution in [3.05, 3.63) is 78.4 Å². The third-order valence-corrected chi connectivity index (χ3v) is 4.69. The van der Waals surface area contributed by atoms with Crippen LogP contribution in [0, 0.1) is 0 Å². The normalized spacial score (nSPS) is 11.5. The van der Waals surface area contributed by atoms with Crippen LogP contribution >= 0.6 is 0 Å². The minimum absolute atomic E-state index is 0.0266. The number of phenols is 2. The smallest absolute Gasteiger partial charge is 0.339 e. The van der Waals surface area contributed by atoms with Gasteiger partial charge in [0.2, 0.25) is 0 Å². The number of nitrogens with zero attached hydrogens (tertiary/aromatic N) is 1. The van der Waals surface area contributed by atoms with E-state index in [0.717, 1.165) is 5.56 Å². The molecule has 2 N–H and O–H groups in total. The molecule has 26 heavy (non-hydrogen) atoms. The predicted molar refractivity (Wildman–Crippen MR) is 97.7 cm³/mol. The lowest BCUT2D eigenvalue weighted by Gasteiger charge is -2.07.